The van der Waals surface area contributed by atoms with Crippen LogP contribution in [0.25, 0.3) is 99.8 Å². The maximum atomic E-state index is 6.68. The van der Waals surface area contributed by atoms with Crippen molar-refractivity contribution in [2.75, 3.05) is 0 Å². The molecule has 15 rings (SSSR count). The Bertz CT molecular complexity index is 4120. The van der Waals surface area contributed by atoms with Gasteiger partial charge in [0.1, 0.15) is 11.2 Å². The van der Waals surface area contributed by atoms with Crippen LogP contribution in [0.3, 0.4) is 0 Å². The molecule has 0 saturated heterocycles. The second-order valence-electron chi connectivity index (χ2n) is 20.3. The van der Waals surface area contributed by atoms with Crippen molar-refractivity contribution in [1.82, 2.24) is 0 Å². The summed E-state index contributed by atoms with van der Waals surface area (Å²) in [5, 5.41) is 2.27. The highest BCUT2D eigenvalue weighted by molar-refractivity contribution is 6.10. The number of fused-ring (bicyclic) bond motifs is 13. The smallest absolute Gasteiger partial charge is 0.143 e. The maximum Gasteiger partial charge on any atom is 0.143 e. The van der Waals surface area contributed by atoms with Gasteiger partial charge in [0.25, 0.3) is 0 Å². The molecule has 0 atom stereocenters. The number of hydrogen-bond acceptors (Lipinski definition) is 1. The zero-order valence-corrected chi connectivity index (χ0v) is 41.1. The molecule has 0 aliphatic heterocycles. The second-order valence-corrected chi connectivity index (χ2v) is 20.3. The lowest BCUT2D eigenvalue weighted by atomic mass is 9.69. The fourth-order valence-electron chi connectivity index (χ4n) is 12.8. The highest BCUT2D eigenvalue weighted by Crippen LogP contribution is 2.63. The van der Waals surface area contributed by atoms with Crippen molar-refractivity contribution in [3.05, 3.63) is 324 Å². The number of para-hydroxylation sites is 2. The van der Waals surface area contributed by atoms with Crippen LogP contribution in [-0.4, -0.2) is 0 Å². The highest BCUT2D eigenvalue weighted by Gasteiger charge is 2.52. The summed E-state index contributed by atoms with van der Waals surface area (Å²) in [5.41, 5.74) is 27.4. The SMILES string of the molecule is c1ccc(-c2ccc(-c3ccc(C(c4ccc(-c5ccc(-c6ccccc6)cc5)cc4)c4ccc5c(c4)C4(c6ccccc6-c6ccccc64)c4cc(-c6cccc7c6oc6ccccc67)ccc4-5)cc3)cc2)cc1. The van der Waals surface area contributed by atoms with E-state index in [0.29, 0.717) is 0 Å². The van der Waals surface area contributed by atoms with E-state index in [9.17, 15) is 0 Å². The van der Waals surface area contributed by atoms with Gasteiger partial charge in [-0.3, -0.25) is 0 Å². The molecule has 0 radical (unpaired) electrons. The van der Waals surface area contributed by atoms with Crippen molar-refractivity contribution in [1.29, 1.82) is 0 Å². The van der Waals surface area contributed by atoms with E-state index in [1.54, 1.807) is 0 Å². The average molecular weight is 953 g/mol. The fourth-order valence-corrected chi connectivity index (χ4v) is 12.8. The second kappa shape index (κ2) is 17.3. The molecule has 1 nitrogen and oxygen atoms in total. The Balaban J connectivity index is 0.886. The summed E-state index contributed by atoms with van der Waals surface area (Å²) in [4.78, 5) is 0. The molecule has 0 unspecified atom stereocenters. The number of benzene rings is 12. The van der Waals surface area contributed by atoms with Crippen LogP contribution in [0, 0.1) is 0 Å². The summed E-state index contributed by atoms with van der Waals surface area (Å²) in [7, 11) is 0. The number of rotatable bonds is 8. The summed E-state index contributed by atoms with van der Waals surface area (Å²) in [6, 6.07) is 105. The molecule has 1 aromatic heterocycles. The van der Waals surface area contributed by atoms with Crippen molar-refractivity contribution < 1.29 is 4.42 Å². The number of furan rings is 1. The van der Waals surface area contributed by atoms with Crippen LogP contribution in [0.2, 0.25) is 0 Å². The Morgan fingerprint density at radius 2 is 0.613 bits per heavy atom. The molecule has 2 aliphatic rings. The van der Waals surface area contributed by atoms with Crippen LogP contribution in [0.5, 0.6) is 0 Å². The van der Waals surface area contributed by atoms with Gasteiger partial charge in [0.15, 0.2) is 0 Å². The summed E-state index contributed by atoms with van der Waals surface area (Å²) in [5.74, 6) is -0.0479. The van der Waals surface area contributed by atoms with E-state index in [2.05, 4.69) is 285 Å². The van der Waals surface area contributed by atoms with Crippen molar-refractivity contribution >= 4 is 21.9 Å². The molecule has 1 heteroatoms. The molecule has 75 heavy (non-hydrogen) atoms. The lowest BCUT2D eigenvalue weighted by Gasteiger charge is -2.31. The summed E-state index contributed by atoms with van der Waals surface area (Å²) >= 11 is 0. The molecular formula is C74H48O. The molecule has 0 amide bonds. The van der Waals surface area contributed by atoms with E-state index in [-0.39, 0.29) is 5.92 Å². The maximum absolute atomic E-state index is 6.68. The fraction of sp³-hybridized carbons (Fsp3) is 0.0270. The largest absolute Gasteiger partial charge is 0.455 e. The number of hydrogen-bond donors (Lipinski definition) is 0. The van der Waals surface area contributed by atoms with Crippen molar-refractivity contribution in [3.63, 3.8) is 0 Å². The lowest BCUT2D eigenvalue weighted by Crippen LogP contribution is -2.26. The molecule has 12 aromatic carbocycles. The van der Waals surface area contributed by atoms with E-state index in [1.807, 2.05) is 0 Å². The van der Waals surface area contributed by atoms with E-state index in [4.69, 9.17) is 4.42 Å². The summed E-state index contributed by atoms with van der Waals surface area (Å²) in [6.45, 7) is 0. The van der Waals surface area contributed by atoms with Crippen LogP contribution in [-0.2, 0) is 5.41 Å². The molecular weight excluding hydrogens is 905 g/mol. The zero-order valence-electron chi connectivity index (χ0n) is 41.1. The van der Waals surface area contributed by atoms with Gasteiger partial charge in [0, 0.05) is 22.3 Å². The standard InChI is InChI=1S/C74H48O/c1-3-14-48(15-4-1)50-26-30-52(31-27-50)54-34-38-56(39-35-54)72(57-40-36-55(37-41-57)53-32-28-51(29-33-53)49-16-5-2-6-17-49)59-43-45-64-63-44-42-58(60-21-13-22-66-65-20-9-12-25-71(65)75-73(60)66)46-69(63)74(70(64)47-59)67-23-10-7-18-61(67)62-19-8-11-24-68(62)74/h1-47,72H. The van der Waals surface area contributed by atoms with Crippen LogP contribution in [0.1, 0.15) is 44.9 Å². The molecule has 2 aliphatic carbocycles. The van der Waals surface area contributed by atoms with Crippen molar-refractivity contribution in [2.24, 2.45) is 0 Å². The van der Waals surface area contributed by atoms with Gasteiger partial charge in [-0.1, -0.05) is 273 Å². The van der Waals surface area contributed by atoms with Crippen molar-refractivity contribution in [2.45, 2.75) is 11.3 Å². The van der Waals surface area contributed by atoms with Gasteiger partial charge >= 0.3 is 0 Å². The summed E-state index contributed by atoms with van der Waals surface area (Å²) < 4.78 is 6.68. The Kier molecular flexibility index (Phi) is 9.93. The van der Waals surface area contributed by atoms with Crippen LogP contribution in [0.4, 0.5) is 0 Å². The minimum atomic E-state index is -0.554. The molecule has 0 fully saturated rings. The molecule has 1 heterocycles. The van der Waals surface area contributed by atoms with Gasteiger partial charge in [0.05, 0.1) is 5.41 Å². The monoisotopic (exact) mass is 952 g/mol. The predicted octanol–water partition coefficient (Wildman–Crippen LogP) is 19.4. The Morgan fingerprint density at radius 3 is 1.16 bits per heavy atom. The molecule has 1 spiro atoms. The average Bonchev–Trinajstić information content (AvgIpc) is 4.12. The van der Waals surface area contributed by atoms with Gasteiger partial charge < -0.3 is 4.42 Å². The zero-order chi connectivity index (χ0) is 49.5. The van der Waals surface area contributed by atoms with E-state index >= 15 is 0 Å². The Morgan fingerprint density at radius 1 is 0.240 bits per heavy atom. The first-order valence-electron chi connectivity index (χ1n) is 26.1. The Labute approximate surface area is 437 Å². The minimum absolute atomic E-state index is 0.0479. The lowest BCUT2D eigenvalue weighted by molar-refractivity contribution is 0.670. The molecule has 350 valence electrons. The summed E-state index contributed by atoms with van der Waals surface area (Å²) in [6.07, 6.45) is 0. The van der Waals surface area contributed by atoms with Crippen LogP contribution >= 0.6 is 0 Å². The van der Waals surface area contributed by atoms with Crippen molar-refractivity contribution in [3.8, 4) is 77.9 Å². The topological polar surface area (TPSA) is 13.1 Å². The van der Waals surface area contributed by atoms with Gasteiger partial charge in [-0.15, -0.1) is 0 Å². The van der Waals surface area contributed by atoms with E-state index in [0.717, 1.165) is 33.1 Å². The predicted molar refractivity (Wildman–Crippen MR) is 311 cm³/mol. The van der Waals surface area contributed by atoms with Crippen LogP contribution in [0.15, 0.2) is 290 Å². The first-order valence-corrected chi connectivity index (χ1v) is 26.1. The highest BCUT2D eigenvalue weighted by atomic mass is 16.3. The minimum Gasteiger partial charge on any atom is -0.455 e. The van der Waals surface area contributed by atoms with Gasteiger partial charge in [-0.25, -0.2) is 0 Å². The quantitative estimate of drug-likeness (QED) is 0.138. The molecule has 0 bridgehead atoms. The molecule has 13 aromatic rings. The van der Waals surface area contributed by atoms with Gasteiger partial charge in [-0.05, 0) is 123 Å². The Hall–Kier alpha value is -9.56. The third kappa shape index (κ3) is 6.86. The van der Waals surface area contributed by atoms with E-state index < -0.39 is 5.41 Å². The normalized spacial score (nSPS) is 12.8. The molecule has 0 N–H and O–H groups in total. The first-order chi connectivity index (χ1) is 37.2. The third-order valence-electron chi connectivity index (χ3n) is 16.3. The molecule has 0 saturated carbocycles. The first kappa shape index (κ1) is 43.1. The van der Waals surface area contributed by atoms with Crippen LogP contribution < -0.4 is 0 Å². The third-order valence-corrected chi connectivity index (χ3v) is 16.3. The van der Waals surface area contributed by atoms with Gasteiger partial charge in [0.2, 0.25) is 0 Å². The van der Waals surface area contributed by atoms with Gasteiger partial charge in [-0.2, -0.15) is 0 Å². The van der Waals surface area contributed by atoms with E-state index in [1.165, 1.54) is 106 Å².